The van der Waals surface area contributed by atoms with Crippen molar-refractivity contribution in [3.8, 4) is 5.75 Å². The SMILES string of the molecule is CCOc1ccccc1[C@@H]1C(C(=O)OCCOC)=C(C)NC2=C1C(=O)C[C@@H](c1ccccc1)C2. The van der Waals surface area contributed by atoms with E-state index in [4.69, 9.17) is 14.2 Å². The van der Waals surface area contributed by atoms with E-state index in [0.29, 0.717) is 48.6 Å². The fourth-order valence-corrected chi connectivity index (χ4v) is 4.88. The number of ether oxygens (including phenoxy) is 3. The number of allylic oxidation sites excluding steroid dienone is 3. The van der Waals surface area contributed by atoms with Crippen molar-refractivity contribution in [2.45, 2.75) is 38.5 Å². The summed E-state index contributed by atoms with van der Waals surface area (Å²) in [5.74, 6) is -0.225. The Bertz CT molecular complexity index is 1120. The third-order valence-electron chi connectivity index (χ3n) is 6.37. The molecule has 1 aliphatic heterocycles. The van der Waals surface area contributed by atoms with Crippen LogP contribution in [0.2, 0.25) is 0 Å². The Kier molecular flexibility index (Phi) is 7.48. The summed E-state index contributed by atoms with van der Waals surface area (Å²) in [4.78, 5) is 26.9. The number of hydrogen-bond donors (Lipinski definition) is 1. The average Bonchev–Trinajstić information content (AvgIpc) is 2.84. The zero-order valence-electron chi connectivity index (χ0n) is 19.9. The third-order valence-corrected chi connectivity index (χ3v) is 6.37. The zero-order valence-corrected chi connectivity index (χ0v) is 19.9. The van der Waals surface area contributed by atoms with Crippen molar-refractivity contribution in [2.75, 3.05) is 26.9 Å². The Morgan fingerprint density at radius 1 is 1.03 bits per heavy atom. The van der Waals surface area contributed by atoms with Crippen LogP contribution in [0.4, 0.5) is 0 Å². The van der Waals surface area contributed by atoms with E-state index in [1.807, 2.05) is 56.3 Å². The van der Waals surface area contributed by atoms with Crippen molar-refractivity contribution < 1.29 is 23.8 Å². The Balaban J connectivity index is 1.79. The quantitative estimate of drug-likeness (QED) is 0.456. The third kappa shape index (κ3) is 4.77. The second-order valence-electron chi connectivity index (χ2n) is 8.53. The first kappa shape index (κ1) is 23.8. The number of methoxy groups -OCH3 is 1. The molecule has 34 heavy (non-hydrogen) atoms. The van der Waals surface area contributed by atoms with Crippen LogP contribution in [0.1, 0.15) is 49.7 Å². The molecule has 0 amide bonds. The maximum absolute atomic E-state index is 13.7. The van der Waals surface area contributed by atoms with Crippen molar-refractivity contribution >= 4 is 11.8 Å². The summed E-state index contributed by atoms with van der Waals surface area (Å²) in [6.45, 7) is 4.71. The summed E-state index contributed by atoms with van der Waals surface area (Å²) >= 11 is 0. The molecule has 2 atom stereocenters. The predicted molar refractivity (Wildman–Crippen MR) is 129 cm³/mol. The molecule has 0 saturated carbocycles. The van der Waals surface area contributed by atoms with E-state index in [1.54, 1.807) is 7.11 Å². The lowest BCUT2D eigenvalue weighted by Crippen LogP contribution is -2.36. The molecule has 2 aromatic rings. The predicted octanol–water partition coefficient (Wildman–Crippen LogP) is 4.64. The zero-order chi connectivity index (χ0) is 24.1. The summed E-state index contributed by atoms with van der Waals surface area (Å²) < 4.78 is 16.5. The van der Waals surface area contributed by atoms with Crippen LogP contribution in [0, 0.1) is 0 Å². The lowest BCUT2D eigenvalue weighted by Gasteiger charge is -2.37. The van der Waals surface area contributed by atoms with E-state index in [1.165, 1.54) is 0 Å². The normalized spacial score (nSPS) is 20.0. The van der Waals surface area contributed by atoms with Crippen molar-refractivity contribution in [3.63, 3.8) is 0 Å². The van der Waals surface area contributed by atoms with Gasteiger partial charge in [0.25, 0.3) is 0 Å². The van der Waals surface area contributed by atoms with Gasteiger partial charge in [-0.2, -0.15) is 0 Å². The number of rotatable bonds is 8. The second-order valence-corrected chi connectivity index (χ2v) is 8.53. The summed E-state index contributed by atoms with van der Waals surface area (Å²) in [6, 6.07) is 17.7. The van der Waals surface area contributed by atoms with Gasteiger partial charge in [-0.05, 0) is 37.8 Å². The largest absolute Gasteiger partial charge is 0.494 e. The maximum Gasteiger partial charge on any atom is 0.336 e. The molecule has 4 rings (SSSR count). The van der Waals surface area contributed by atoms with Crippen molar-refractivity contribution in [1.82, 2.24) is 5.32 Å². The van der Waals surface area contributed by atoms with E-state index < -0.39 is 11.9 Å². The lowest BCUT2D eigenvalue weighted by molar-refractivity contribution is -0.140. The fourth-order valence-electron chi connectivity index (χ4n) is 4.88. The number of dihydropyridines is 1. The van der Waals surface area contributed by atoms with E-state index in [9.17, 15) is 9.59 Å². The van der Waals surface area contributed by atoms with Gasteiger partial charge in [0.1, 0.15) is 12.4 Å². The molecule has 2 aromatic carbocycles. The molecule has 6 nitrogen and oxygen atoms in total. The van der Waals surface area contributed by atoms with E-state index in [2.05, 4.69) is 17.4 Å². The molecule has 0 aromatic heterocycles. The number of hydrogen-bond acceptors (Lipinski definition) is 6. The highest BCUT2D eigenvalue weighted by molar-refractivity contribution is 6.04. The van der Waals surface area contributed by atoms with Gasteiger partial charge in [-0.1, -0.05) is 48.5 Å². The number of para-hydroxylation sites is 1. The number of esters is 1. The Morgan fingerprint density at radius 2 is 1.76 bits per heavy atom. The molecule has 0 bridgehead atoms. The van der Waals surface area contributed by atoms with Gasteiger partial charge in [-0.15, -0.1) is 0 Å². The fraction of sp³-hybridized carbons (Fsp3) is 0.357. The first-order valence-corrected chi connectivity index (χ1v) is 11.7. The van der Waals surface area contributed by atoms with Gasteiger partial charge < -0.3 is 19.5 Å². The highest BCUT2D eigenvalue weighted by Gasteiger charge is 2.42. The van der Waals surface area contributed by atoms with Gasteiger partial charge in [-0.25, -0.2) is 4.79 Å². The lowest BCUT2D eigenvalue weighted by atomic mass is 9.71. The summed E-state index contributed by atoms with van der Waals surface area (Å²) in [7, 11) is 1.56. The molecule has 1 heterocycles. The Hall–Kier alpha value is -3.38. The molecule has 0 spiro atoms. The first-order chi connectivity index (χ1) is 16.5. The van der Waals surface area contributed by atoms with Crippen LogP contribution in [-0.4, -0.2) is 38.7 Å². The highest BCUT2D eigenvalue weighted by Crippen LogP contribution is 2.47. The number of carbonyl (C=O) groups excluding carboxylic acids is 2. The van der Waals surface area contributed by atoms with Crippen molar-refractivity contribution in [3.05, 3.63) is 88.3 Å². The number of ketones is 1. The molecule has 0 fully saturated rings. The Labute approximate surface area is 200 Å². The van der Waals surface area contributed by atoms with Gasteiger partial charge in [0.05, 0.1) is 24.7 Å². The van der Waals surface area contributed by atoms with Crippen LogP contribution in [0.5, 0.6) is 5.75 Å². The van der Waals surface area contributed by atoms with Gasteiger partial charge in [0.15, 0.2) is 5.78 Å². The first-order valence-electron chi connectivity index (χ1n) is 11.7. The van der Waals surface area contributed by atoms with Crippen LogP contribution in [0.15, 0.2) is 77.1 Å². The van der Waals surface area contributed by atoms with Crippen LogP contribution in [-0.2, 0) is 19.1 Å². The molecule has 1 N–H and O–H groups in total. The molecule has 0 unspecified atom stereocenters. The molecule has 2 aliphatic rings. The molecule has 0 saturated heterocycles. The summed E-state index contributed by atoms with van der Waals surface area (Å²) in [5.41, 5.74) is 4.56. The molecule has 0 radical (unpaired) electrons. The Morgan fingerprint density at radius 3 is 2.50 bits per heavy atom. The summed E-state index contributed by atoms with van der Waals surface area (Å²) in [6.07, 6.45) is 1.09. The topological polar surface area (TPSA) is 73.9 Å². The van der Waals surface area contributed by atoms with Gasteiger partial charge in [0, 0.05) is 36.1 Å². The molecular formula is C28H31NO5. The van der Waals surface area contributed by atoms with Crippen molar-refractivity contribution in [2.24, 2.45) is 0 Å². The second kappa shape index (κ2) is 10.7. The highest BCUT2D eigenvalue weighted by atomic mass is 16.6. The molecule has 178 valence electrons. The number of Topliss-reactive ketones (excluding diaryl/α,β-unsaturated/α-hetero) is 1. The smallest absolute Gasteiger partial charge is 0.336 e. The van der Waals surface area contributed by atoms with Gasteiger partial charge in [-0.3, -0.25) is 4.79 Å². The van der Waals surface area contributed by atoms with E-state index in [0.717, 1.165) is 16.8 Å². The minimum absolute atomic E-state index is 0.0357. The van der Waals surface area contributed by atoms with Gasteiger partial charge in [0.2, 0.25) is 0 Å². The molecular weight excluding hydrogens is 430 g/mol. The summed E-state index contributed by atoms with van der Waals surface area (Å²) in [5, 5.41) is 3.39. The van der Waals surface area contributed by atoms with E-state index >= 15 is 0 Å². The number of carbonyl (C=O) groups is 2. The van der Waals surface area contributed by atoms with Crippen LogP contribution >= 0.6 is 0 Å². The van der Waals surface area contributed by atoms with Gasteiger partial charge >= 0.3 is 5.97 Å². The standard InChI is InChI=1S/C28H31NO5/c1-4-33-24-13-9-8-12-21(24)26-25(28(31)34-15-14-32-3)18(2)29-22-16-20(17-23(30)27(22)26)19-10-6-5-7-11-19/h5-13,20,26,29H,4,14-17H2,1-3H3/t20-,26+/m0/s1. The molecule has 1 aliphatic carbocycles. The maximum atomic E-state index is 13.7. The minimum Gasteiger partial charge on any atom is -0.494 e. The van der Waals surface area contributed by atoms with Crippen LogP contribution in [0.25, 0.3) is 0 Å². The average molecular weight is 462 g/mol. The van der Waals surface area contributed by atoms with Crippen LogP contribution < -0.4 is 10.1 Å². The monoisotopic (exact) mass is 461 g/mol. The van der Waals surface area contributed by atoms with Crippen LogP contribution in [0.3, 0.4) is 0 Å². The number of benzene rings is 2. The minimum atomic E-state index is -0.557. The number of nitrogens with one attached hydrogen (secondary N) is 1. The van der Waals surface area contributed by atoms with E-state index in [-0.39, 0.29) is 18.3 Å². The molecule has 6 heteroatoms. The van der Waals surface area contributed by atoms with Crippen molar-refractivity contribution in [1.29, 1.82) is 0 Å².